The Labute approximate surface area is 107 Å². The van der Waals surface area contributed by atoms with Gasteiger partial charge in [-0.3, -0.25) is 0 Å². The fourth-order valence-electron chi connectivity index (χ4n) is 2.41. The molecule has 0 bridgehead atoms. The van der Waals surface area contributed by atoms with Crippen LogP contribution in [0.15, 0.2) is 24.3 Å². The number of aryl methyl sites for hydroxylation is 1. The summed E-state index contributed by atoms with van der Waals surface area (Å²) in [6.45, 7) is 3.27. The molecule has 1 aliphatic rings. The number of rotatable bonds is 2. The van der Waals surface area contributed by atoms with Crippen LogP contribution in [0, 0.1) is 5.92 Å². The van der Waals surface area contributed by atoms with Crippen LogP contribution in [0.1, 0.15) is 30.6 Å². The molecular formula is C14H18N4. The van der Waals surface area contributed by atoms with Gasteiger partial charge in [0.25, 0.3) is 0 Å². The second kappa shape index (κ2) is 4.44. The number of nitrogen functional groups attached to an aromatic ring is 1. The SMILES string of the molecule is CC1CCc2nc(Cc3ccc(N)cc3)nn2C1. The molecule has 0 spiro atoms. The molecule has 1 aromatic carbocycles. The van der Waals surface area contributed by atoms with E-state index in [1.54, 1.807) is 0 Å². The molecule has 2 heterocycles. The van der Waals surface area contributed by atoms with Crippen LogP contribution in [-0.2, 0) is 19.4 Å². The molecule has 4 heteroatoms. The smallest absolute Gasteiger partial charge is 0.155 e. The molecule has 0 saturated carbocycles. The number of anilines is 1. The Balaban J connectivity index is 1.79. The van der Waals surface area contributed by atoms with Crippen LogP contribution in [-0.4, -0.2) is 14.8 Å². The second-order valence-corrected chi connectivity index (χ2v) is 5.19. The first-order valence-corrected chi connectivity index (χ1v) is 6.48. The van der Waals surface area contributed by atoms with Gasteiger partial charge in [0.1, 0.15) is 5.82 Å². The van der Waals surface area contributed by atoms with Crippen molar-refractivity contribution in [1.29, 1.82) is 0 Å². The highest BCUT2D eigenvalue weighted by atomic mass is 15.4. The lowest BCUT2D eigenvalue weighted by Gasteiger charge is -2.17. The molecule has 0 amide bonds. The Hall–Kier alpha value is -1.84. The van der Waals surface area contributed by atoms with Gasteiger partial charge in [0.2, 0.25) is 0 Å². The minimum absolute atomic E-state index is 0.712. The predicted octanol–water partition coefficient (Wildman–Crippen LogP) is 2.03. The van der Waals surface area contributed by atoms with Crippen LogP contribution in [0.3, 0.4) is 0 Å². The van der Waals surface area contributed by atoms with Gasteiger partial charge in [0.15, 0.2) is 5.82 Å². The maximum atomic E-state index is 5.68. The van der Waals surface area contributed by atoms with Crippen molar-refractivity contribution in [3.8, 4) is 0 Å². The Morgan fingerprint density at radius 1 is 1.33 bits per heavy atom. The fourth-order valence-corrected chi connectivity index (χ4v) is 2.41. The molecule has 3 rings (SSSR count). The standard InChI is InChI=1S/C14H18N4/c1-10-2-7-14-16-13(17-18(14)9-10)8-11-3-5-12(15)6-4-11/h3-6,10H,2,7-9,15H2,1H3. The van der Waals surface area contributed by atoms with Crippen molar-refractivity contribution in [2.45, 2.75) is 32.7 Å². The van der Waals surface area contributed by atoms with Crippen molar-refractivity contribution >= 4 is 5.69 Å². The molecule has 0 saturated heterocycles. The number of hydrogen-bond acceptors (Lipinski definition) is 3. The van der Waals surface area contributed by atoms with E-state index in [9.17, 15) is 0 Å². The summed E-state index contributed by atoms with van der Waals surface area (Å²) in [6.07, 6.45) is 3.06. The summed E-state index contributed by atoms with van der Waals surface area (Å²) < 4.78 is 2.07. The molecule has 94 valence electrons. The zero-order chi connectivity index (χ0) is 12.5. The highest BCUT2D eigenvalue weighted by Gasteiger charge is 2.18. The number of fused-ring (bicyclic) bond motifs is 1. The molecule has 0 aliphatic carbocycles. The molecule has 0 fully saturated rings. The molecule has 4 nitrogen and oxygen atoms in total. The largest absolute Gasteiger partial charge is 0.399 e. The molecule has 1 aliphatic heterocycles. The molecule has 1 atom stereocenters. The van der Waals surface area contributed by atoms with Gasteiger partial charge in [-0.15, -0.1) is 0 Å². The van der Waals surface area contributed by atoms with E-state index in [4.69, 9.17) is 5.73 Å². The molecule has 1 aromatic heterocycles. The van der Waals surface area contributed by atoms with Crippen LogP contribution in [0.2, 0.25) is 0 Å². The molecule has 18 heavy (non-hydrogen) atoms. The van der Waals surface area contributed by atoms with Gasteiger partial charge < -0.3 is 5.73 Å². The third kappa shape index (κ3) is 2.23. The average molecular weight is 242 g/mol. The lowest BCUT2D eigenvalue weighted by atomic mass is 10.0. The maximum absolute atomic E-state index is 5.68. The lowest BCUT2D eigenvalue weighted by molar-refractivity contribution is 0.367. The van der Waals surface area contributed by atoms with Crippen molar-refractivity contribution in [1.82, 2.24) is 14.8 Å². The summed E-state index contributed by atoms with van der Waals surface area (Å²) >= 11 is 0. The van der Waals surface area contributed by atoms with Crippen LogP contribution >= 0.6 is 0 Å². The minimum Gasteiger partial charge on any atom is -0.399 e. The summed E-state index contributed by atoms with van der Waals surface area (Å²) in [7, 11) is 0. The van der Waals surface area contributed by atoms with Crippen LogP contribution in [0.4, 0.5) is 5.69 Å². The number of aromatic nitrogens is 3. The Bertz CT molecular complexity index is 541. The third-order valence-corrected chi connectivity index (χ3v) is 3.48. The van der Waals surface area contributed by atoms with Crippen LogP contribution < -0.4 is 5.73 Å². The van der Waals surface area contributed by atoms with Gasteiger partial charge in [0.05, 0.1) is 0 Å². The summed E-state index contributed by atoms with van der Waals surface area (Å²) in [5, 5.41) is 4.59. The number of hydrogen-bond donors (Lipinski definition) is 1. The number of nitrogens with two attached hydrogens (primary N) is 1. The van der Waals surface area contributed by atoms with Gasteiger partial charge in [0, 0.05) is 25.1 Å². The predicted molar refractivity (Wildman–Crippen MR) is 71.2 cm³/mol. The summed E-state index contributed by atoms with van der Waals surface area (Å²) in [5.74, 6) is 2.77. The first-order chi connectivity index (χ1) is 8.70. The summed E-state index contributed by atoms with van der Waals surface area (Å²) in [4.78, 5) is 4.62. The van der Waals surface area contributed by atoms with Gasteiger partial charge in [-0.25, -0.2) is 9.67 Å². The van der Waals surface area contributed by atoms with E-state index in [0.717, 1.165) is 36.7 Å². The van der Waals surface area contributed by atoms with E-state index in [-0.39, 0.29) is 0 Å². The van der Waals surface area contributed by atoms with Crippen molar-refractivity contribution in [3.63, 3.8) is 0 Å². The number of nitrogens with zero attached hydrogens (tertiary/aromatic N) is 3. The van der Waals surface area contributed by atoms with E-state index < -0.39 is 0 Å². The van der Waals surface area contributed by atoms with Crippen LogP contribution in [0.5, 0.6) is 0 Å². The van der Waals surface area contributed by atoms with Gasteiger partial charge in [-0.05, 0) is 30.0 Å². The highest BCUT2D eigenvalue weighted by molar-refractivity contribution is 5.39. The monoisotopic (exact) mass is 242 g/mol. The lowest BCUT2D eigenvalue weighted by Crippen LogP contribution is -2.18. The summed E-state index contributed by atoms with van der Waals surface area (Å²) in [5.41, 5.74) is 7.68. The maximum Gasteiger partial charge on any atom is 0.155 e. The fraction of sp³-hybridized carbons (Fsp3) is 0.429. The van der Waals surface area contributed by atoms with Crippen LogP contribution in [0.25, 0.3) is 0 Å². The third-order valence-electron chi connectivity index (χ3n) is 3.48. The Morgan fingerprint density at radius 3 is 2.89 bits per heavy atom. The van der Waals surface area contributed by atoms with Gasteiger partial charge in [-0.2, -0.15) is 5.10 Å². The quantitative estimate of drug-likeness (QED) is 0.820. The van der Waals surface area contributed by atoms with Crippen molar-refractivity contribution in [2.75, 3.05) is 5.73 Å². The van der Waals surface area contributed by atoms with E-state index in [2.05, 4.69) is 21.7 Å². The molecule has 0 radical (unpaired) electrons. The average Bonchev–Trinajstić information content (AvgIpc) is 2.73. The van der Waals surface area contributed by atoms with Crippen molar-refractivity contribution in [3.05, 3.63) is 41.5 Å². The number of benzene rings is 1. The van der Waals surface area contributed by atoms with Gasteiger partial charge >= 0.3 is 0 Å². The minimum atomic E-state index is 0.712. The second-order valence-electron chi connectivity index (χ2n) is 5.19. The highest BCUT2D eigenvalue weighted by Crippen LogP contribution is 2.18. The van der Waals surface area contributed by atoms with E-state index >= 15 is 0 Å². The van der Waals surface area contributed by atoms with E-state index in [1.165, 1.54) is 12.0 Å². The molecule has 2 N–H and O–H groups in total. The summed E-state index contributed by atoms with van der Waals surface area (Å²) in [6, 6.07) is 7.93. The zero-order valence-electron chi connectivity index (χ0n) is 10.6. The molecule has 1 unspecified atom stereocenters. The molecular weight excluding hydrogens is 224 g/mol. The first-order valence-electron chi connectivity index (χ1n) is 6.48. The van der Waals surface area contributed by atoms with Gasteiger partial charge in [-0.1, -0.05) is 19.1 Å². The van der Waals surface area contributed by atoms with E-state index in [0.29, 0.717) is 5.92 Å². The Morgan fingerprint density at radius 2 is 2.11 bits per heavy atom. The van der Waals surface area contributed by atoms with Crippen molar-refractivity contribution in [2.24, 2.45) is 5.92 Å². The molecule has 2 aromatic rings. The normalized spacial score (nSPS) is 18.6. The Kier molecular flexibility index (Phi) is 2.78. The van der Waals surface area contributed by atoms with E-state index in [1.807, 2.05) is 24.3 Å². The topological polar surface area (TPSA) is 56.7 Å². The van der Waals surface area contributed by atoms with Crippen molar-refractivity contribution < 1.29 is 0 Å². The zero-order valence-corrected chi connectivity index (χ0v) is 10.6. The first kappa shape index (κ1) is 11.3.